The maximum atomic E-state index is 13.9. The van der Waals surface area contributed by atoms with Crippen molar-refractivity contribution in [2.75, 3.05) is 5.32 Å². The minimum Gasteiger partial charge on any atom is -0.403 e. The number of nitrogens with zero attached hydrogens (tertiary/aromatic N) is 1. The number of pyridine rings is 1. The molecule has 0 saturated carbocycles. The van der Waals surface area contributed by atoms with Gasteiger partial charge < -0.3 is 9.74 Å². The largest absolute Gasteiger partial charge is 0.403 e. The Hall–Kier alpha value is -3.56. The lowest BCUT2D eigenvalue weighted by molar-refractivity contribution is 0.0966. The average molecular weight is 653 g/mol. The van der Waals surface area contributed by atoms with Crippen LogP contribution in [-0.2, 0) is 11.0 Å². The SMILES string of the molecule is Cc1cc(CO[Si](c2ccccc2)(c2ccccc2)C(C)(C)C)cc(C(C)C)c1NC(=O)NC(=O)c1cc(F)c(Cl)nc1Cl. The number of hydrogen-bond donors (Lipinski definition) is 2. The molecule has 0 unspecified atom stereocenters. The van der Waals surface area contributed by atoms with Gasteiger partial charge in [-0.3, -0.25) is 10.1 Å². The minimum absolute atomic E-state index is 0.0384. The molecule has 6 nitrogen and oxygen atoms in total. The molecule has 4 aromatic rings. The van der Waals surface area contributed by atoms with Crippen molar-refractivity contribution in [2.24, 2.45) is 0 Å². The average Bonchev–Trinajstić information content (AvgIpc) is 2.96. The van der Waals surface area contributed by atoms with Gasteiger partial charge in [0.1, 0.15) is 5.15 Å². The number of benzene rings is 3. The second-order valence-electron chi connectivity index (χ2n) is 12.0. The van der Waals surface area contributed by atoms with Crippen LogP contribution in [0.15, 0.2) is 78.9 Å². The normalized spacial score (nSPS) is 11.9. The Morgan fingerprint density at radius 3 is 2.02 bits per heavy atom. The summed E-state index contributed by atoms with van der Waals surface area (Å²) in [5.41, 5.74) is 2.92. The number of nitrogens with one attached hydrogen (secondary N) is 2. The molecule has 0 radical (unpaired) electrons. The number of imide groups is 1. The van der Waals surface area contributed by atoms with E-state index >= 15 is 0 Å². The topological polar surface area (TPSA) is 80.3 Å². The zero-order valence-corrected chi connectivity index (χ0v) is 28.1. The molecule has 1 aromatic heterocycles. The zero-order valence-electron chi connectivity index (χ0n) is 25.6. The maximum Gasteiger partial charge on any atom is 0.326 e. The fraction of sp³-hybridized carbons (Fsp3) is 0.265. The van der Waals surface area contributed by atoms with Crippen molar-refractivity contribution in [3.05, 3.63) is 117 Å². The van der Waals surface area contributed by atoms with Crippen LogP contribution in [0, 0.1) is 12.7 Å². The van der Waals surface area contributed by atoms with Crippen molar-refractivity contribution >= 4 is 59.5 Å². The summed E-state index contributed by atoms with van der Waals surface area (Å²) < 4.78 is 21.0. The van der Waals surface area contributed by atoms with Gasteiger partial charge in [0.05, 0.1) is 12.2 Å². The quantitative estimate of drug-likeness (QED) is 0.149. The van der Waals surface area contributed by atoms with Crippen molar-refractivity contribution in [1.82, 2.24) is 10.3 Å². The zero-order chi connectivity index (χ0) is 32.2. The third-order valence-electron chi connectivity index (χ3n) is 7.52. The molecule has 44 heavy (non-hydrogen) atoms. The molecule has 4 rings (SSSR count). The van der Waals surface area contributed by atoms with Crippen LogP contribution in [0.3, 0.4) is 0 Å². The van der Waals surface area contributed by atoms with Crippen molar-refractivity contribution in [2.45, 2.75) is 59.1 Å². The second kappa shape index (κ2) is 13.6. The van der Waals surface area contributed by atoms with Crippen molar-refractivity contribution in [1.29, 1.82) is 0 Å². The van der Waals surface area contributed by atoms with E-state index in [0.29, 0.717) is 12.3 Å². The van der Waals surface area contributed by atoms with E-state index in [1.54, 1.807) is 0 Å². The van der Waals surface area contributed by atoms with Crippen LogP contribution in [0.5, 0.6) is 0 Å². The molecule has 0 aliphatic heterocycles. The van der Waals surface area contributed by atoms with Crippen molar-refractivity contribution in [3.8, 4) is 0 Å². The Balaban J connectivity index is 1.63. The molecular formula is C34H36Cl2FN3O3Si. The van der Waals surface area contributed by atoms with Crippen LogP contribution in [0.1, 0.15) is 67.6 Å². The first kappa shape index (κ1) is 33.3. The van der Waals surface area contributed by atoms with Crippen molar-refractivity contribution in [3.63, 3.8) is 0 Å². The fourth-order valence-electron chi connectivity index (χ4n) is 5.47. The van der Waals surface area contributed by atoms with E-state index < -0.39 is 31.2 Å². The third kappa shape index (κ3) is 7.05. The van der Waals surface area contributed by atoms with Gasteiger partial charge in [-0.25, -0.2) is 14.2 Å². The Morgan fingerprint density at radius 1 is 0.932 bits per heavy atom. The maximum absolute atomic E-state index is 13.9. The van der Waals surface area contributed by atoms with E-state index in [1.165, 1.54) is 10.4 Å². The highest BCUT2D eigenvalue weighted by molar-refractivity contribution is 6.99. The molecule has 3 amide bonds. The van der Waals surface area contributed by atoms with Crippen LogP contribution in [-0.4, -0.2) is 25.2 Å². The molecule has 0 aliphatic rings. The number of hydrogen-bond acceptors (Lipinski definition) is 4. The Labute approximate surface area is 269 Å². The monoisotopic (exact) mass is 651 g/mol. The predicted molar refractivity (Wildman–Crippen MR) is 178 cm³/mol. The summed E-state index contributed by atoms with van der Waals surface area (Å²) in [7, 11) is -2.76. The first-order valence-electron chi connectivity index (χ1n) is 14.3. The number of carbonyl (C=O) groups is 2. The number of aryl methyl sites for hydroxylation is 1. The molecule has 230 valence electrons. The molecule has 0 saturated heterocycles. The van der Waals surface area contributed by atoms with Crippen LogP contribution in [0.4, 0.5) is 14.9 Å². The molecule has 0 fully saturated rings. The molecule has 0 spiro atoms. The van der Waals surface area contributed by atoms with Crippen LogP contribution in [0.25, 0.3) is 0 Å². The number of halogens is 3. The molecule has 1 heterocycles. The Kier molecular flexibility index (Phi) is 10.3. The molecule has 0 aliphatic carbocycles. The lowest BCUT2D eigenvalue weighted by Crippen LogP contribution is -2.66. The molecular weight excluding hydrogens is 616 g/mol. The van der Waals surface area contributed by atoms with Crippen molar-refractivity contribution < 1.29 is 18.4 Å². The predicted octanol–water partition coefficient (Wildman–Crippen LogP) is 8.00. The number of urea groups is 1. The van der Waals surface area contributed by atoms with Gasteiger partial charge in [0.15, 0.2) is 11.0 Å². The highest BCUT2D eigenvalue weighted by Crippen LogP contribution is 2.38. The molecule has 3 aromatic carbocycles. The number of amides is 3. The smallest absolute Gasteiger partial charge is 0.326 e. The summed E-state index contributed by atoms with van der Waals surface area (Å²) in [6.07, 6.45) is 0. The van der Waals surface area contributed by atoms with Gasteiger partial charge in [-0.1, -0.05) is 131 Å². The van der Waals surface area contributed by atoms with Gasteiger partial charge in [-0.05, 0) is 51.0 Å². The second-order valence-corrected chi connectivity index (χ2v) is 17.0. The van der Waals surface area contributed by atoms with E-state index in [9.17, 15) is 14.0 Å². The van der Waals surface area contributed by atoms with Gasteiger partial charge >= 0.3 is 6.03 Å². The van der Waals surface area contributed by atoms with Gasteiger partial charge in [-0.2, -0.15) is 0 Å². The molecule has 10 heteroatoms. The lowest BCUT2D eigenvalue weighted by Gasteiger charge is -2.43. The summed E-state index contributed by atoms with van der Waals surface area (Å²) >= 11 is 11.6. The summed E-state index contributed by atoms with van der Waals surface area (Å²) in [4.78, 5) is 29.2. The fourth-order valence-corrected chi connectivity index (χ4v) is 10.4. The van der Waals surface area contributed by atoms with Crippen LogP contribution >= 0.6 is 23.2 Å². The first-order chi connectivity index (χ1) is 20.7. The van der Waals surface area contributed by atoms with Gasteiger partial charge in [0, 0.05) is 5.69 Å². The Bertz CT molecular complexity index is 1620. The van der Waals surface area contributed by atoms with Gasteiger partial charge in [0.2, 0.25) is 0 Å². The minimum atomic E-state index is -2.76. The van der Waals surface area contributed by atoms with Gasteiger partial charge in [0.25, 0.3) is 14.2 Å². The first-order valence-corrected chi connectivity index (χ1v) is 16.9. The van der Waals surface area contributed by atoms with E-state index in [2.05, 4.69) is 84.9 Å². The lowest BCUT2D eigenvalue weighted by atomic mass is 9.95. The number of anilines is 1. The number of carbonyl (C=O) groups excluding carboxylic acids is 2. The van der Waals surface area contributed by atoms with Crippen LogP contribution < -0.4 is 21.0 Å². The van der Waals surface area contributed by atoms with E-state index in [4.69, 9.17) is 27.6 Å². The van der Waals surface area contributed by atoms with E-state index in [0.717, 1.165) is 22.8 Å². The third-order valence-corrected chi connectivity index (χ3v) is 13.1. The van der Waals surface area contributed by atoms with Gasteiger partial charge in [-0.15, -0.1) is 0 Å². The molecule has 0 atom stereocenters. The summed E-state index contributed by atoms with van der Waals surface area (Å²) in [6, 6.07) is 24.9. The summed E-state index contributed by atoms with van der Waals surface area (Å²) in [5, 5.41) is 6.41. The van der Waals surface area contributed by atoms with E-state index in [-0.39, 0.29) is 21.7 Å². The Morgan fingerprint density at radius 2 is 1.50 bits per heavy atom. The highest BCUT2D eigenvalue weighted by Gasteiger charge is 2.50. The molecule has 2 N–H and O–H groups in total. The number of rotatable bonds is 8. The van der Waals surface area contributed by atoms with Crippen LogP contribution in [0.2, 0.25) is 15.3 Å². The summed E-state index contributed by atoms with van der Waals surface area (Å²) in [5.74, 6) is -1.79. The standard InChI is InChI=1S/C34H36Cl2FN3O3Si/c1-21(2)26-18-23(17-22(3)29(26)38-33(42)40-32(41)27-19-28(37)31(36)39-30(27)35)20-43-44(34(4,5)6,24-13-9-7-10-14-24)25-15-11-8-12-16-25/h7-19,21H,20H2,1-6H3,(H2,38,40,41,42). The number of aromatic nitrogens is 1. The summed E-state index contributed by atoms with van der Waals surface area (Å²) in [6.45, 7) is 13.0. The highest BCUT2D eigenvalue weighted by atomic mass is 35.5. The molecule has 0 bridgehead atoms. The van der Waals surface area contributed by atoms with E-state index in [1.807, 2.05) is 45.0 Å².